The molecule has 0 aliphatic heterocycles. The Kier molecular flexibility index (Phi) is 5.80. The Bertz CT molecular complexity index is 598. The van der Waals surface area contributed by atoms with Crippen LogP contribution in [0.25, 0.3) is 0 Å². The van der Waals surface area contributed by atoms with E-state index in [0.717, 1.165) is 15.1 Å². The highest BCUT2D eigenvalue weighted by atomic mass is 79.9. The Morgan fingerprint density at radius 3 is 2.43 bits per heavy atom. The van der Waals surface area contributed by atoms with Crippen molar-refractivity contribution in [3.63, 3.8) is 0 Å². The lowest BCUT2D eigenvalue weighted by Crippen LogP contribution is -2.25. The molecule has 1 unspecified atom stereocenters. The van der Waals surface area contributed by atoms with Crippen molar-refractivity contribution in [1.29, 1.82) is 0 Å². The molecular weight excluding hydrogens is 353 g/mol. The van der Waals surface area contributed by atoms with E-state index in [2.05, 4.69) is 35.1 Å². The summed E-state index contributed by atoms with van der Waals surface area (Å²) in [4.78, 5) is 0. The quantitative estimate of drug-likeness (QED) is 0.709. The Morgan fingerprint density at radius 1 is 1.14 bits per heavy atom. The Balaban J connectivity index is 2.13. The van der Waals surface area contributed by atoms with Crippen LogP contribution >= 0.6 is 27.5 Å². The number of hydrogen-bond donors (Lipinski definition) is 1. The number of halogens is 3. The molecule has 2 aromatic carbocycles. The molecule has 0 aromatic heterocycles. The van der Waals surface area contributed by atoms with Gasteiger partial charge in [-0.25, -0.2) is 4.39 Å². The maximum Gasteiger partial charge on any atom is 0.127 e. The Morgan fingerprint density at radius 2 is 1.81 bits per heavy atom. The van der Waals surface area contributed by atoms with Gasteiger partial charge in [0, 0.05) is 27.6 Å². The smallest absolute Gasteiger partial charge is 0.127 e. The third kappa shape index (κ3) is 4.53. The second kappa shape index (κ2) is 7.39. The molecule has 0 heterocycles. The van der Waals surface area contributed by atoms with Gasteiger partial charge in [0.2, 0.25) is 0 Å². The van der Waals surface area contributed by atoms with Crippen LogP contribution in [0, 0.1) is 11.7 Å². The van der Waals surface area contributed by atoms with Gasteiger partial charge in [0.25, 0.3) is 0 Å². The lowest BCUT2D eigenvalue weighted by atomic mass is 9.96. The number of benzene rings is 2. The van der Waals surface area contributed by atoms with Crippen LogP contribution in [0.15, 0.2) is 46.9 Å². The third-order valence-corrected chi connectivity index (χ3v) is 4.16. The molecule has 0 aliphatic carbocycles. The summed E-state index contributed by atoms with van der Waals surface area (Å²) in [5.74, 6) is 0.200. The highest BCUT2D eigenvalue weighted by molar-refractivity contribution is 9.10. The molecule has 0 aliphatic rings. The van der Waals surface area contributed by atoms with E-state index < -0.39 is 0 Å². The van der Waals surface area contributed by atoms with Gasteiger partial charge in [-0.2, -0.15) is 0 Å². The predicted molar refractivity (Wildman–Crippen MR) is 90.0 cm³/mol. The van der Waals surface area contributed by atoms with Crippen molar-refractivity contribution in [2.45, 2.75) is 26.4 Å². The molecule has 0 saturated carbocycles. The van der Waals surface area contributed by atoms with Gasteiger partial charge in [-0.3, -0.25) is 0 Å². The van der Waals surface area contributed by atoms with Crippen molar-refractivity contribution in [3.05, 3.63) is 68.9 Å². The van der Waals surface area contributed by atoms with Gasteiger partial charge in [-0.15, -0.1) is 0 Å². The second-order valence-electron chi connectivity index (χ2n) is 5.39. The predicted octanol–water partition coefficient (Wildman–Crippen LogP) is 5.73. The highest BCUT2D eigenvalue weighted by Crippen LogP contribution is 2.24. The standard InChI is InChI=1S/C17H18BrClFN/c1-11(2)17(12-3-6-15(19)7-4-12)21-10-13-9-14(18)5-8-16(13)20/h3-9,11,17,21H,10H2,1-2H3. The van der Waals surface area contributed by atoms with Gasteiger partial charge in [0.05, 0.1) is 0 Å². The third-order valence-electron chi connectivity index (χ3n) is 3.42. The fourth-order valence-electron chi connectivity index (χ4n) is 2.31. The number of rotatable bonds is 5. The maximum absolute atomic E-state index is 13.8. The molecule has 2 rings (SSSR count). The first kappa shape index (κ1) is 16.5. The fraction of sp³-hybridized carbons (Fsp3) is 0.294. The van der Waals surface area contributed by atoms with E-state index in [9.17, 15) is 4.39 Å². The van der Waals surface area contributed by atoms with Gasteiger partial charge in [-0.05, 0) is 41.8 Å². The molecule has 21 heavy (non-hydrogen) atoms. The normalized spacial score (nSPS) is 12.7. The highest BCUT2D eigenvalue weighted by Gasteiger charge is 2.16. The zero-order chi connectivity index (χ0) is 15.4. The topological polar surface area (TPSA) is 12.0 Å². The molecule has 0 bridgehead atoms. The van der Waals surface area contributed by atoms with Crippen LogP contribution in [0.3, 0.4) is 0 Å². The summed E-state index contributed by atoms with van der Waals surface area (Å²) in [6.45, 7) is 4.77. The van der Waals surface area contributed by atoms with Crippen molar-refractivity contribution >= 4 is 27.5 Å². The maximum atomic E-state index is 13.8. The molecule has 0 radical (unpaired) electrons. The molecule has 0 spiro atoms. The van der Waals surface area contributed by atoms with Gasteiger partial charge < -0.3 is 5.32 Å². The monoisotopic (exact) mass is 369 g/mol. The van der Waals surface area contributed by atoms with Crippen LogP contribution in [0.4, 0.5) is 4.39 Å². The van der Waals surface area contributed by atoms with Gasteiger partial charge in [0.1, 0.15) is 5.82 Å². The summed E-state index contributed by atoms with van der Waals surface area (Å²) in [6, 6.07) is 12.9. The molecule has 1 nitrogen and oxygen atoms in total. The van der Waals surface area contributed by atoms with E-state index in [0.29, 0.717) is 18.0 Å². The molecule has 1 N–H and O–H groups in total. The van der Waals surface area contributed by atoms with E-state index in [4.69, 9.17) is 11.6 Å². The number of nitrogens with one attached hydrogen (secondary N) is 1. The largest absolute Gasteiger partial charge is 0.306 e. The lowest BCUT2D eigenvalue weighted by Gasteiger charge is -2.23. The summed E-state index contributed by atoms with van der Waals surface area (Å²) >= 11 is 9.31. The van der Waals surface area contributed by atoms with Gasteiger partial charge >= 0.3 is 0 Å². The molecule has 0 saturated heterocycles. The van der Waals surface area contributed by atoms with Gasteiger partial charge in [0.15, 0.2) is 0 Å². The molecular formula is C17H18BrClFN. The summed E-state index contributed by atoms with van der Waals surface area (Å²) in [5.41, 5.74) is 1.81. The van der Waals surface area contributed by atoms with E-state index in [-0.39, 0.29) is 11.9 Å². The molecule has 0 fully saturated rings. The van der Waals surface area contributed by atoms with Crippen molar-refractivity contribution in [1.82, 2.24) is 5.32 Å². The van der Waals surface area contributed by atoms with Gasteiger partial charge in [-0.1, -0.05) is 53.5 Å². The van der Waals surface area contributed by atoms with Crippen LogP contribution in [0.5, 0.6) is 0 Å². The van der Waals surface area contributed by atoms with E-state index >= 15 is 0 Å². The summed E-state index contributed by atoms with van der Waals surface area (Å²) in [6.07, 6.45) is 0. The zero-order valence-electron chi connectivity index (χ0n) is 12.0. The molecule has 0 amide bonds. The van der Waals surface area contributed by atoms with Crippen LogP contribution in [-0.4, -0.2) is 0 Å². The minimum Gasteiger partial charge on any atom is -0.306 e. The first-order valence-electron chi connectivity index (χ1n) is 6.90. The molecule has 2 aromatic rings. The van der Waals surface area contributed by atoms with Crippen LogP contribution in [0.2, 0.25) is 5.02 Å². The molecule has 112 valence electrons. The summed E-state index contributed by atoms with van der Waals surface area (Å²) in [7, 11) is 0. The van der Waals surface area contributed by atoms with E-state index in [1.807, 2.05) is 30.3 Å². The van der Waals surface area contributed by atoms with Crippen LogP contribution in [-0.2, 0) is 6.54 Å². The summed E-state index contributed by atoms with van der Waals surface area (Å²) in [5, 5.41) is 4.16. The van der Waals surface area contributed by atoms with Crippen LogP contribution < -0.4 is 5.32 Å². The summed E-state index contributed by atoms with van der Waals surface area (Å²) < 4.78 is 14.7. The van der Waals surface area contributed by atoms with Crippen LogP contribution in [0.1, 0.15) is 31.0 Å². The number of hydrogen-bond acceptors (Lipinski definition) is 1. The Labute approximate surface area is 138 Å². The lowest BCUT2D eigenvalue weighted by molar-refractivity contribution is 0.406. The molecule has 4 heteroatoms. The van der Waals surface area contributed by atoms with Crippen molar-refractivity contribution in [3.8, 4) is 0 Å². The van der Waals surface area contributed by atoms with E-state index in [1.54, 1.807) is 6.07 Å². The Hall–Kier alpha value is -0.900. The minimum atomic E-state index is -0.190. The minimum absolute atomic E-state index is 0.153. The SMILES string of the molecule is CC(C)C(NCc1cc(Br)ccc1F)c1ccc(Cl)cc1. The average molecular weight is 371 g/mol. The van der Waals surface area contributed by atoms with E-state index in [1.165, 1.54) is 6.07 Å². The molecule has 1 atom stereocenters. The first-order valence-corrected chi connectivity index (χ1v) is 8.07. The van der Waals surface area contributed by atoms with Crippen molar-refractivity contribution in [2.75, 3.05) is 0 Å². The average Bonchev–Trinajstić information content (AvgIpc) is 2.44. The first-order chi connectivity index (χ1) is 9.97. The second-order valence-corrected chi connectivity index (χ2v) is 6.74. The van der Waals surface area contributed by atoms with Crippen molar-refractivity contribution in [2.24, 2.45) is 5.92 Å². The van der Waals surface area contributed by atoms with Crippen molar-refractivity contribution < 1.29 is 4.39 Å². The zero-order valence-corrected chi connectivity index (χ0v) is 14.4. The fourth-order valence-corrected chi connectivity index (χ4v) is 2.84.